The molecule has 0 fully saturated rings. The van der Waals surface area contributed by atoms with E-state index in [0.717, 1.165) is 46.4 Å². The Kier molecular flexibility index (Phi) is 5.91. The van der Waals surface area contributed by atoms with Crippen LogP contribution in [0.4, 0.5) is 0 Å². The fourth-order valence-electron chi connectivity index (χ4n) is 4.37. The Balaban J connectivity index is 1.53. The minimum absolute atomic E-state index is 0.0864. The molecule has 0 aliphatic carbocycles. The first kappa shape index (κ1) is 22.0. The number of fused-ring (bicyclic) bond motifs is 2. The fourth-order valence-corrected chi connectivity index (χ4v) is 4.77. The van der Waals surface area contributed by atoms with Crippen LogP contribution in [0.25, 0.3) is 22.0 Å². The number of aromatic amines is 1. The van der Waals surface area contributed by atoms with Crippen LogP contribution in [0.5, 0.6) is 5.75 Å². The topological polar surface area (TPSA) is 63.1 Å². The Hall–Kier alpha value is -2.80. The van der Waals surface area contributed by atoms with Gasteiger partial charge in [-0.05, 0) is 55.9 Å². The molecule has 8 heteroatoms. The summed E-state index contributed by atoms with van der Waals surface area (Å²) < 4.78 is 8.04. The maximum absolute atomic E-state index is 13.7. The molecule has 1 N–H and O–H groups in total. The first-order chi connectivity index (χ1) is 15.9. The molecule has 3 heterocycles. The van der Waals surface area contributed by atoms with Crippen LogP contribution in [-0.4, -0.2) is 52.7 Å². The van der Waals surface area contributed by atoms with Crippen LogP contribution in [0.3, 0.4) is 0 Å². The van der Waals surface area contributed by atoms with Crippen LogP contribution in [0.15, 0.2) is 48.8 Å². The van der Waals surface area contributed by atoms with Crippen LogP contribution >= 0.6 is 23.2 Å². The quantitative estimate of drug-likeness (QED) is 0.377. The maximum atomic E-state index is 13.7. The summed E-state index contributed by atoms with van der Waals surface area (Å²) in [6.45, 7) is 1.98. The number of rotatable bonds is 6. The van der Waals surface area contributed by atoms with Gasteiger partial charge >= 0.3 is 0 Å². The number of likely N-dealkylation sites (N-methyl/N-ethyl adjacent to an activating group) is 1. The summed E-state index contributed by atoms with van der Waals surface area (Å²) in [5.41, 5.74) is 4.47. The molecular weight excluding hydrogens is 459 g/mol. The van der Waals surface area contributed by atoms with E-state index in [0.29, 0.717) is 28.8 Å². The third kappa shape index (κ3) is 4.26. The Morgan fingerprint density at radius 2 is 2.09 bits per heavy atom. The van der Waals surface area contributed by atoms with E-state index in [1.165, 1.54) is 0 Å². The molecule has 1 aliphatic heterocycles. The number of nitrogens with one attached hydrogen (secondary N) is 1. The van der Waals surface area contributed by atoms with E-state index in [2.05, 4.69) is 25.7 Å². The number of Topliss-reactive ketones (excluding diaryl/α,β-unsaturated/α-hetero) is 1. The molecule has 0 saturated heterocycles. The van der Waals surface area contributed by atoms with Crippen molar-refractivity contribution < 1.29 is 9.53 Å². The smallest absolute Gasteiger partial charge is 0.171 e. The van der Waals surface area contributed by atoms with E-state index in [-0.39, 0.29) is 11.7 Å². The van der Waals surface area contributed by atoms with Crippen molar-refractivity contribution in [1.29, 1.82) is 0 Å². The van der Waals surface area contributed by atoms with Crippen molar-refractivity contribution in [1.82, 2.24) is 19.7 Å². The summed E-state index contributed by atoms with van der Waals surface area (Å²) in [6, 6.07) is 11.6. The van der Waals surface area contributed by atoms with Crippen LogP contribution < -0.4 is 4.74 Å². The number of halogens is 2. The molecule has 0 saturated carbocycles. The zero-order valence-corrected chi connectivity index (χ0v) is 20.0. The number of carbonyl (C=O) groups is 1. The summed E-state index contributed by atoms with van der Waals surface area (Å²) in [7, 11) is 4.08. The first-order valence-corrected chi connectivity index (χ1v) is 11.6. The van der Waals surface area contributed by atoms with E-state index in [1.54, 1.807) is 6.20 Å². The van der Waals surface area contributed by atoms with Crippen molar-refractivity contribution in [2.24, 2.45) is 5.92 Å². The third-order valence-corrected chi connectivity index (χ3v) is 6.66. The van der Waals surface area contributed by atoms with E-state index in [4.69, 9.17) is 27.9 Å². The van der Waals surface area contributed by atoms with Crippen LogP contribution in [0.1, 0.15) is 15.9 Å². The third-order valence-electron chi connectivity index (χ3n) is 6.14. The van der Waals surface area contributed by atoms with Gasteiger partial charge in [0.2, 0.25) is 0 Å². The second kappa shape index (κ2) is 8.86. The molecule has 2 aromatic heterocycles. The Bertz CT molecular complexity index is 1340. The number of H-pyrrole nitrogens is 1. The highest BCUT2D eigenvalue weighted by atomic mass is 35.5. The SMILES string of the molecule is CN(C)CCn1cc(C(=O)[C@@H]2COc3ccc(Cl)cc3C2)c2ccc(-c3cn[nH]c3Cl)cc21. The molecule has 2 aromatic carbocycles. The largest absolute Gasteiger partial charge is 0.493 e. The maximum Gasteiger partial charge on any atom is 0.171 e. The molecule has 1 atom stereocenters. The van der Waals surface area contributed by atoms with Crippen LogP contribution in [0.2, 0.25) is 10.2 Å². The number of benzene rings is 2. The van der Waals surface area contributed by atoms with Gasteiger partial charge in [0.1, 0.15) is 10.9 Å². The molecule has 6 nitrogen and oxygen atoms in total. The molecular formula is C25H24Cl2N4O2. The molecule has 5 rings (SSSR count). The molecule has 0 radical (unpaired) electrons. The Morgan fingerprint density at radius 1 is 1.24 bits per heavy atom. The van der Waals surface area contributed by atoms with Crippen molar-refractivity contribution in [3.05, 3.63) is 70.1 Å². The summed E-state index contributed by atoms with van der Waals surface area (Å²) in [5.74, 6) is 0.633. The van der Waals surface area contributed by atoms with Crippen molar-refractivity contribution >= 4 is 39.9 Å². The molecule has 33 heavy (non-hydrogen) atoms. The van der Waals surface area contributed by atoms with Gasteiger partial charge in [-0.1, -0.05) is 35.3 Å². The van der Waals surface area contributed by atoms with Gasteiger partial charge in [-0.15, -0.1) is 0 Å². The number of hydrogen-bond donors (Lipinski definition) is 1. The average Bonchev–Trinajstić information content (AvgIpc) is 3.39. The Labute approximate surface area is 202 Å². The first-order valence-electron chi connectivity index (χ1n) is 10.8. The van der Waals surface area contributed by atoms with Crippen LogP contribution in [-0.2, 0) is 13.0 Å². The number of ether oxygens (including phenoxy) is 1. The molecule has 0 bridgehead atoms. The lowest BCUT2D eigenvalue weighted by molar-refractivity contribution is 0.0856. The predicted octanol–water partition coefficient (Wildman–Crippen LogP) is 5.33. The van der Waals surface area contributed by atoms with E-state index in [1.807, 2.05) is 50.6 Å². The average molecular weight is 483 g/mol. The minimum atomic E-state index is -0.258. The standard InChI is InChI=1S/C25H24Cl2N4O2/c1-30(2)7-8-31-13-21(19-5-3-15(11-22(19)31)20-12-28-29-25(20)27)24(32)17-9-16-10-18(26)4-6-23(16)33-14-17/h3-6,10-13,17H,7-9,14H2,1-2H3,(H,28,29)/t17-/m0/s1. The zero-order valence-electron chi connectivity index (χ0n) is 18.4. The van der Waals surface area contributed by atoms with Crippen LogP contribution in [0, 0.1) is 5.92 Å². The highest BCUT2D eigenvalue weighted by Gasteiger charge is 2.29. The lowest BCUT2D eigenvalue weighted by Gasteiger charge is -2.24. The van der Waals surface area contributed by atoms with E-state index in [9.17, 15) is 4.79 Å². The Morgan fingerprint density at radius 3 is 2.85 bits per heavy atom. The summed E-state index contributed by atoms with van der Waals surface area (Å²) in [5, 5.41) is 8.88. The van der Waals surface area contributed by atoms with Gasteiger partial charge in [-0.2, -0.15) is 5.10 Å². The lowest BCUT2D eigenvalue weighted by atomic mass is 9.89. The van der Waals surface area contributed by atoms with Gasteiger partial charge < -0.3 is 14.2 Å². The lowest BCUT2D eigenvalue weighted by Crippen LogP contribution is -2.28. The van der Waals surface area contributed by atoms with Gasteiger partial charge in [0.15, 0.2) is 5.78 Å². The summed E-state index contributed by atoms with van der Waals surface area (Å²) in [6.07, 6.45) is 4.30. The summed E-state index contributed by atoms with van der Waals surface area (Å²) in [4.78, 5) is 15.8. The second-order valence-corrected chi connectivity index (χ2v) is 9.51. The number of nitrogens with zero attached hydrogens (tertiary/aromatic N) is 3. The molecule has 1 aliphatic rings. The van der Waals surface area contributed by atoms with E-state index >= 15 is 0 Å². The number of hydrogen-bond acceptors (Lipinski definition) is 4. The molecule has 4 aromatic rings. The molecule has 170 valence electrons. The van der Waals surface area contributed by atoms with Crippen molar-refractivity contribution in [3.63, 3.8) is 0 Å². The zero-order chi connectivity index (χ0) is 23.1. The molecule has 0 spiro atoms. The van der Waals surface area contributed by atoms with Gasteiger partial charge in [0.05, 0.1) is 18.7 Å². The molecule has 0 amide bonds. The highest BCUT2D eigenvalue weighted by Crippen LogP contribution is 2.35. The second-order valence-electron chi connectivity index (χ2n) is 8.70. The molecule has 0 unspecified atom stereocenters. The van der Waals surface area contributed by atoms with E-state index < -0.39 is 0 Å². The fraction of sp³-hybridized carbons (Fsp3) is 0.280. The summed E-state index contributed by atoms with van der Waals surface area (Å²) >= 11 is 12.4. The van der Waals surface area contributed by atoms with Gasteiger partial charge in [0, 0.05) is 46.3 Å². The van der Waals surface area contributed by atoms with Gasteiger partial charge in [-0.25, -0.2) is 0 Å². The number of carbonyl (C=O) groups excluding carboxylic acids is 1. The van der Waals surface area contributed by atoms with Crippen molar-refractivity contribution in [3.8, 4) is 16.9 Å². The van der Waals surface area contributed by atoms with Gasteiger partial charge in [0.25, 0.3) is 0 Å². The minimum Gasteiger partial charge on any atom is -0.493 e. The highest BCUT2D eigenvalue weighted by molar-refractivity contribution is 6.32. The normalized spacial score (nSPS) is 15.6. The van der Waals surface area contributed by atoms with Crippen molar-refractivity contribution in [2.75, 3.05) is 27.2 Å². The number of aromatic nitrogens is 3. The monoisotopic (exact) mass is 482 g/mol. The van der Waals surface area contributed by atoms with Gasteiger partial charge in [-0.3, -0.25) is 9.89 Å². The van der Waals surface area contributed by atoms with Crippen molar-refractivity contribution in [2.45, 2.75) is 13.0 Å². The predicted molar refractivity (Wildman–Crippen MR) is 132 cm³/mol. The number of ketones is 1.